The number of fused-ring (bicyclic) bond motifs is 2. The third-order valence-corrected chi connectivity index (χ3v) is 6.25. The molecule has 28 heavy (non-hydrogen) atoms. The number of rotatable bonds is 5. The smallest absolute Gasteiger partial charge is 0.243 e. The first-order valence-corrected chi connectivity index (χ1v) is 10.4. The number of hydrogen-bond acceptors (Lipinski definition) is 3. The lowest BCUT2D eigenvalue weighted by Gasteiger charge is -2.24. The maximum atomic E-state index is 13.3. The lowest BCUT2D eigenvalue weighted by molar-refractivity contribution is -0.132. The molecule has 5 heteroatoms. The molecule has 2 aromatic heterocycles. The van der Waals surface area contributed by atoms with E-state index in [4.69, 9.17) is 0 Å². The molecule has 4 nitrogen and oxygen atoms in total. The Kier molecular flexibility index (Phi) is 4.24. The summed E-state index contributed by atoms with van der Waals surface area (Å²) < 4.78 is 2.00. The molecule has 1 fully saturated rings. The molecule has 2 aromatic carbocycles. The maximum absolute atomic E-state index is 13.3. The number of carbonyl (C=O) groups excluding carboxylic acids is 1. The van der Waals surface area contributed by atoms with E-state index in [1.807, 2.05) is 69.4 Å². The van der Waals surface area contributed by atoms with Gasteiger partial charge < -0.3 is 9.47 Å². The van der Waals surface area contributed by atoms with Crippen molar-refractivity contribution in [3.63, 3.8) is 0 Å². The van der Waals surface area contributed by atoms with Gasteiger partial charge in [0.2, 0.25) is 5.91 Å². The van der Waals surface area contributed by atoms with Crippen molar-refractivity contribution in [2.75, 3.05) is 0 Å². The second-order valence-corrected chi connectivity index (χ2v) is 8.31. The number of hydrogen-bond donors (Lipinski definition) is 0. The minimum absolute atomic E-state index is 0.0209. The van der Waals surface area contributed by atoms with E-state index in [0.717, 1.165) is 23.9 Å². The molecule has 1 amide bonds. The van der Waals surface area contributed by atoms with Crippen molar-refractivity contribution in [1.82, 2.24) is 9.47 Å². The van der Waals surface area contributed by atoms with Crippen LogP contribution < -0.4 is 5.43 Å². The molecule has 140 valence electrons. The molecule has 2 heterocycles. The van der Waals surface area contributed by atoms with E-state index in [-0.39, 0.29) is 17.9 Å². The van der Waals surface area contributed by atoms with E-state index in [9.17, 15) is 9.59 Å². The molecule has 0 radical (unpaired) electrons. The van der Waals surface area contributed by atoms with Crippen LogP contribution in [0.5, 0.6) is 0 Å². The van der Waals surface area contributed by atoms with Crippen LogP contribution in [0.2, 0.25) is 0 Å². The fourth-order valence-corrected chi connectivity index (χ4v) is 4.55. The van der Waals surface area contributed by atoms with Gasteiger partial charge in [0, 0.05) is 21.7 Å². The Labute approximate surface area is 166 Å². The zero-order valence-corrected chi connectivity index (χ0v) is 16.2. The predicted octanol–water partition coefficient (Wildman–Crippen LogP) is 4.41. The lowest BCUT2D eigenvalue weighted by atomic mass is 10.1. The number of amides is 1. The number of benzene rings is 2. The second-order valence-electron chi connectivity index (χ2n) is 7.28. The molecule has 0 spiro atoms. The Balaban J connectivity index is 1.59. The molecule has 1 aliphatic carbocycles. The first-order chi connectivity index (χ1) is 13.7. The van der Waals surface area contributed by atoms with Gasteiger partial charge in [0.25, 0.3) is 0 Å². The molecule has 0 N–H and O–H groups in total. The molecule has 0 atom stereocenters. The quantitative estimate of drug-likeness (QED) is 0.475. The van der Waals surface area contributed by atoms with Crippen molar-refractivity contribution in [2.24, 2.45) is 0 Å². The lowest BCUT2D eigenvalue weighted by Crippen LogP contribution is -2.35. The van der Waals surface area contributed by atoms with Crippen LogP contribution in [0.3, 0.4) is 0 Å². The van der Waals surface area contributed by atoms with Crippen molar-refractivity contribution in [2.45, 2.75) is 32.0 Å². The summed E-state index contributed by atoms with van der Waals surface area (Å²) in [6.07, 6.45) is 2.14. The molecule has 5 rings (SSSR count). The minimum atomic E-state index is 0.0209. The first-order valence-electron chi connectivity index (χ1n) is 9.54. The van der Waals surface area contributed by atoms with Crippen molar-refractivity contribution >= 4 is 39.0 Å². The van der Waals surface area contributed by atoms with Gasteiger partial charge in [0.15, 0.2) is 5.43 Å². The van der Waals surface area contributed by atoms with Gasteiger partial charge in [-0.25, -0.2) is 0 Å². The SMILES string of the molecule is O=C(Cn1c2ccccc2c(=O)c2ccccc21)N(Cc1cccs1)C1CC1. The first kappa shape index (κ1) is 17.2. The normalized spacial score (nSPS) is 13.9. The van der Waals surface area contributed by atoms with Crippen molar-refractivity contribution in [3.8, 4) is 0 Å². The van der Waals surface area contributed by atoms with Crippen LogP contribution in [-0.2, 0) is 17.9 Å². The van der Waals surface area contributed by atoms with E-state index in [0.29, 0.717) is 23.4 Å². The summed E-state index contributed by atoms with van der Waals surface area (Å²) in [5.74, 6) is 0.106. The molecular formula is C23H20N2O2S. The molecule has 4 aromatic rings. The third kappa shape index (κ3) is 3.02. The molecule has 1 aliphatic rings. The van der Waals surface area contributed by atoms with Crippen molar-refractivity contribution in [3.05, 3.63) is 81.1 Å². The summed E-state index contributed by atoms with van der Waals surface area (Å²) in [6.45, 7) is 0.903. The third-order valence-electron chi connectivity index (χ3n) is 5.39. The number of nitrogens with zero attached hydrogens (tertiary/aromatic N) is 2. The molecular weight excluding hydrogens is 368 g/mol. The maximum Gasteiger partial charge on any atom is 0.243 e. The summed E-state index contributed by atoms with van der Waals surface area (Å²) >= 11 is 1.69. The summed E-state index contributed by atoms with van der Waals surface area (Å²) in [7, 11) is 0. The van der Waals surface area contributed by atoms with E-state index < -0.39 is 0 Å². The van der Waals surface area contributed by atoms with Gasteiger partial charge in [-0.1, -0.05) is 30.3 Å². The second kappa shape index (κ2) is 6.91. The van der Waals surface area contributed by atoms with E-state index in [2.05, 4.69) is 6.07 Å². The summed E-state index contributed by atoms with van der Waals surface area (Å²) in [5.41, 5.74) is 1.64. The van der Waals surface area contributed by atoms with Crippen LogP contribution in [0.4, 0.5) is 0 Å². The molecule has 0 bridgehead atoms. The van der Waals surface area contributed by atoms with Crippen LogP contribution in [-0.4, -0.2) is 21.4 Å². The van der Waals surface area contributed by atoms with Gasteiger partial charge in [-0.3, -0.25) is 9.59 Å². The van der Waals surface area contributed by atoms with Gasteiger partial charge >= 0.3 is 0 Å². The van der Waals surface area contributed by atoms with Gasteiger partial charge in [0.05, 0.1) is 17.6 Å². The fourth-order valence-electron chi connectivity index (χ4n) is 3.85. The predicted molar refractivity (Wildman–Crippen MR) is 114 cm³/mol. The average molecular weight is 388 g/mol. The van der Waals surface area contributed by atoms with Crippen LogP contribution in [0.25, 0.3) is 21.8 Å². The zero-order valence-electron chi connectivity index (χ0n) is 15.4. The van der Waals surface area contributed by atoms with Crippen LogP contribution in [0.1, 0.15) is 17.7 Å². The average Bonchev–Trinajstić information content (AvgIpc) is 3.44. The Hall–Kier alpha value is -2.92. The molecule has 0 aliphatic heterocycles. The highest BCUT2D eigenvalue weighted by Gasteiger charge is 2.33. The van der Waals surface area contributed by atoms with Crippen molar-refractivity contribution < 1.29 is 4.79 Å². The Morgan fingerprint density at radius 2 is 1.61 bits per heavy atom. The van der Waals surface area contributed by atoms with Crippen LogP contribution in [0.15, 0.2) is 70.8 Å². The highest BCUT2D eigenvalue weighted by molar-refractivity contribution is 7.09. The van der Waals surface area contributed by atoms with E-state index in [1.54, 1.807) is 11.3 Å². The van der Waals surface area contributed by atoms with Crippen LogP contribution in [0, 0.1) is 0 Å². The number of aromatic nitrogens is 1. The highest BCUT2D eigenvalue weighted by Crippen LogP contribution is 2.30. The van der Waals surface area contributed by atoms with Crippen LogP contribution >= 0.6 is 11.3 Å². The van der Waals surface area contributed by atoms with Gasteiger partial charge in [-0.15, -0.1) is 11.3 Å². The van der Waals surface area contributed by atoms with Crippen molar-refractivity contribution in [1.29, 1.82) is 0 Å². The van der Waals surface area contributed by atoms with E-state index >= 15 is 0 Å². The topological polar surface area (TPSA) is 42.3 Å². The summed E-state index contributed by atoms with van der Waals surface area (Å²) in [6, 6.07) is 19.6. The Morgan fingerprint density at radius 1 is 0.964 bits per heavy atom. The van der Waals surface area contributed by atoms with E-state index in [1.165, 1.54) is 4.88 Å². The Bertz CT molecular complexity index is 1160. The largest absolute Gasteiger partial charge is 0.333 e. The Morgan fingerprint density at radius 3 is 2.18 bits per heavy atom. The van der Waals surface area contributed by atoms with Gasteiger partial charge in [0.1, 0.15) is 6.54 Å². The number of carbonyl (C=O) groups is 1. The zero-order chi connectivity index (χ0) is 19.1. The number of thiophene rings is 1. The standard InChI is InChI=1S/C23H20N2O2S/c26-22(24(16-11-12-16)14-17-6-5-13-28-17)15-25-20-9-3-1-7-18(20)23(27)19-8-2-4-10-21(19)25/h1-10,13,16H,11-12,14-15H2. The molecule has 0 saturated heterocycles. The number of pyridine rings is 1. The van der Waals surface area contributed by atoms with Gasteiger partial charge in [-0.05, 0) is 48.6 Å². The fraction of sp³-hybridized carbons (Fsp3) is 0.217. The molecule has 1 saturated carbocycles. The van der Waals surface area contributed by atoms with Gasteiger partial charge in [-0.2, -0.15) is 0 Å². The number of para-hydroxylation sites is 2. The molecule has 0 unspecified atom stereocenters. The minimum Gasteiger partial charge on any atom is -0.333 e. The highest BCUT2D eigenvalue weighted by atomic mass is 32.1. The summed E-state index contributed by atoms with van der Waals surface area (Å²) in [5, 5.41) is 3.36. The monoisotopic (exact) mass is 388 g/mol. The summed E-state index contributed by atoms with van der Waals surface area (Å²) in [4.78, 5) is 29.4.